The number of carbonyl (C=O) groups excluding carboxylic acids is 1. The van der Waals surface area contributed by atoms with Gasteiger partial charge >= 0.3 is 5.97 Å². The molecule has 45 heavy (non-hydrogen) atoms. The van der Waals surface area contributed by atoms with Crippen molar-refractivity contribution in [3.8, 4) is 11.3 Å². The maximum absolute atomic E-state index is 14.1. The van der Waals surface area contributed by atoms with E-state index in [9.17, 15) is 18.3 Å². The summed E-state index contributed by atoms with van der Waals surface area (Å²) < 4.78 is 39.4. The van der Waals surface area contributed by atoms with Gasteiger partial charge in [0.1, 0.15) is 6.73 Å². The quantitative estimate of drug-likeness (QED) is 0.166. The highest BCUT2D eigenvalue weighted by Crippen LogP contribution is 2.33. The lowest BCUT2D eigenvalue weighted by molar-refractivity contribution is 0.0600. The van der Waals surface area contributed by atoms with Crippen LogP contribution in [-0.2, 0) is 24.9 Å². The van der Waals surface area contributed by atoms with Crippen molar-refractivity contribution in [2.75, 3.05) is 31.9 Å². The summed E-state index contributed by atoms with van der Waals surface area (Å²) >= 11 is 0. The monoisotopic (exact) mass is 629 g/mol. The summed E-state index contributed by atoms with van der Waals surface area (Å²) in [6.45, 7) is 9.64. The number of methoxy groups -OCH3 is 2. The zero-order valence-electron chi connectivity index (χ0n) is 26.7. The number of hydrogen-bond donors (Lipinski definition) is 1. The standard InChI is InChI=1S/C35H39N3O6S/c1-23-10-8-11-24(2)32(23)31-21-30(29(18-19-39)25-14-16-27(17-15-25)35(3,4)5)36-34(37-31)38(22-43-6)45(41,42)28-13-9-12-26(20-28)33(40)44-7/h8-18,20-21,39H,19,22H2,1-7H3/b29-18-. The molecule has 0 amide bonds. The van der Waals surface area contributed by atoms with Gasteiger partial charge in [0.15, 0.2) is 0 Å². The van der Waals surface area contributed by atoms with Gasteiger partial charge in [-0.25, -0.2) is 27.5 Å². The molecule has 9 nitrogen and oxygen atoms in total. The number of hydrogen-bond acceptors (Lipinski definition) is 8. The fourth-order valence-electron chi connectivity index (χ4n) is 5.02. The van der Waals surface area contributed by atoms with Gasteiger partial charge in [-0.15, -0.1) is 0 Å². The molecule has 1 heterocycles. The van der Waals surface area contributed by atoms with Crippen LogP contribution in [0.25, 0.3) is 16.8 Å². The van der Waals surface area contributed by atoms with E-state index in [1.165, 1.54) is 38.5 Å². The molecular formula is C35H39N3O6S. The zero-order chi connectivity index (χ0) is 32.9. The van der Waals surface area contributed by atoms with Crippen molar-refractivity contribution in [3.63, 3.8) is 0 Å². The van der Waals surface area contributed by atoms with Crippen molar-refractivity contribution in [3.05, 3.63) is 112 Å². The fourth-order valence-corrected chi connectivity index (χ4v) is 6.34. The van der Waals surface area contributed by atoms with Crippen LogP contribution in [0.15, 0.2) is 83.8 Å². The topological polar surface area (TPSA) is 119 Å². The van der Waals surface area contributed by atoms with Crippen LogP contribution in [0.2, 0.25) is 0 Å². The van der Waals surface area contributed by atoms with Crippen LogP contribution in [-0.4, -0.2) is 57.0 Å². The first-order valence-corrected chi connectivity index (χ1v) is 15.8. The van der Waals surface area contributed by atoms with E-state index >= 15 is 0 Å². The third kappa shape index (κ3) is 7.30. The highest BCUT2D eigenvalue weighted by Gasteiger charge is 2.30. The van der Waals surface area contributed by atoms with Crippen molar-refractivity contribution >= 4 is 27.5 Å². The number of aliphatic hydroxyl groups is 1. The molecule has 0 aliphatic carbocycles. The first-order chi connectivity index (χ1) is 21.3. The van der Waals surface area contributed by atoms with E-state index in [1.54, 1.807) is 12.1 Å². The second-order valence-electron chi connectivity index (χ2n) is 11.6. The van der Waals surface area contributed by atoms with E-state index in [4.69, 9.17) is 19.4 Å². The Morgan fingerprint density at radius 1 is 0.911 bits per heavy atom. The predicted octanol–water partition coefficient (Wildman–Crippen LogP) is 6.07. The summed E-state index contributed by atoms with van der Waals surface area (Å²) in [7, 11) is -1.74. The van der Waals surface area contributed by atoms with E-state index in [2.05, 4.69) is 20.8 Å². The van der Waals surface area contributed by atoms with Crippen LogP contribution in [0.4, 0.5) is 5.95 Å². The number of carbonyl (C=O) groups is 1. The van der Waals surface area contributed by atoms with Crippen LogP contribution < -0.4 is 4.31 Å². The minimum atomic E-state index is -4.33. The predicted molar refractivity (Wildman–Crippen MR) is 176 cm³/mol. The van der Waals surface area contributed by atoms with Gasteiger partial charge in [0.05, 0.1) is 35.6 Å². The Kier molecular flexibility index (Phi) is 10.2. The Morgan fingerprint density at radius 3 is 2.13 bits per heavy atom. The lowest BCUT2D eigenvalue weighted by Crippen LogP contribution is -2.34. The van der Waals surface area contributed by atoms with Crippen molar-refractivity contribution < 1.29 is 27.8 Å². The number of aromatic nitrogens is 2. The third-order valence-electron chi connectivity index (χ3n) is 7.40. The van der Waals surface area contributed by atoms with E-state index in [0.29, 0.717) is 17.0 Å². The first-order valence-electron chi connectivity index (χ1n) is 14.4. The van der Waals surface area contributed by atoms with Crippen LogP contribution in [0.3, 0.4) is 0 Å². The second-order valence-corrected chi connectivity index (χ2v) is 13.5. The van der Waals surface area contributed by atoms with Crippen molar-refractivity contribution in [2.24, 2.45) is 0 Å². The SMILES string of the molecule is COCN(c1nc(/C(=C\CO)c2ccc(C(C)(C)C)cc2)cc(-c2c(C)cccc2C)n1)S(=O)(=O)c1cccc(C(=O)OC)c1. The minimum absolute atomic E-state index is 0.0583. The van der Waals surface area contributed by atoms with Gasteiger partial charge in [-0.1, -0.05) is 69.3 Å². The maximum atomic E-state index is 14.1. The average Bonchev–Trinajstić information content (AvgIpc) is 3.01. The van der Waals surface area contributed by atoms with Gasteiger partial charge in [-0.3, -0.25) is 0 Å². The van der Waals surface area contributed by atoms with Crippen molar-refractivity contribution in [1.82, 2.24) is 9.97 Å². The molecule has 0 aliphatic heterocycles. The molecule has 0 saturated carbocycles. The molecule has 0 spiro atoms. The highest BCUT2D eigenvalue weighted by atomic mass is 32.2. The molecule has 236 valence electrons. The van der Waals surface area contributed by atoms with Crippen molar-refractivity contribution in [2.45, 2.75) is 44.9 Å². The molecule has 0 aliphatic rings. The minimum Gasteiger partial charge on any atom is -0.465 e. The molecule has 0 radical (unpaired) electrons. The maximum Gasteiger partial charge on any atom is 0.337 e. The molecular weight excluding hydrogens is 590 g/mol. The van der Waals surface area contributed by atoms with Crippen LogP contribution in [0.5, 0.6) is 0 Å². The van der Waals surface area contributed by atoms with Gasteiger partial charge in [0, 0.05) is 18.2 Å². The van der Waals surface area contributed by atoms with E-state index in [-0.39, 0.29) is 28.4 Å². The molecule has 10 heteroatoms. The van der Waals surface area contributed by atoms with Gasteiger partial charge in [-0.2, -0.15) is 0 Å². The zero-order valence-corrected chi connectivity index (χ0v) is 27.5. The molecule has 1 N–H and O–H groups in total. The smallest absolute Gasteiger partial charge is 0.337 e. The Balaban J connectivity index is 1.98. The number of nitrogens with zero attached hydrogens (tertiary/aromatic N) is 3. The number of benzene rings is 3. The van der Waals surface area contributed by atoms with Crippen LogP contribution >= 0.6 is 0 Å². The second kappa shape index (κ2) is 13.7. The van der Waals surface area contributed by atoms with Gasteiger partial charge in [0.25, 0.3) is 10.0 Å². The summed E-state index contributed by atoms with van der Waals surface area (Å²) in [6, 6.07) is 21.2. The first kappa shape index (κ1) is 33.5. The summed E-state index contributed by atoms with van der Waals surface area (Å²) in [5.41, 5.74) is 6.19. The Bertz CT molecular complexity index is 1810. The lowest BCUT2D eigenvalue weighted by Gasteiger charge is -2.24. The summed E-state index contributed by atoms with van der Waals surface area (Å²) in [5, 5.41) is 10.1. The van der Waals surface area contributed by atoms with E-state index < -0.39 is 22.7 Å². The normalized spacial score (nSPS) is 12.2. The number of esters is 1. The Morgan fingerprint density at radius 2 is 1.56 bits per heavy atom. The number of ether oxygens (including phenoxy) is 2. The summed E-state index contributed by atoms with van der Waals surface area (Å²) in [5.74, 6) is -0.803. The van der Waals surface area contributed by atoms with Crippen LogP contribution in [0, 0.1) is 13.8 Å². The third-order valence-corrected chi connectivity index (χ3v) is 9.10. The summed E-state index contributed by atoms with van der Waals surface area (Å²) in [4.78, 5) is 21.6. The van der Waals surface area contributed by atoms with Gasteiger partial charge < -0.3 is 14.6 Å². The molecule has 0 fully saturated rings. The van der Waals surface area contributed by atoms with E-state index in [1.807, 2.05) is 56.3 Å². The number of rotatable bonds is 10. The highest BCUT2D eigenvalue weighted by molar-refractivity contribution is 7.92. The summed E-state index contributed by atoms with van der Waals surface area (Å²) in [6.07, 6.45) is 1.64. The molecule has 0 bridgehead atoms. The molecule has 0 unspecified atom stereocenters. The van der Waals surface area contributed by atoms with E-state index in [0.717, 1.165) is 32.1 Å². The number of aryl methyl sites for hydroxylation is 2. The molecule has 3 aromatic carbocycles. The molecule has 0 atom stereocenters. The number of anilines is 1. The lowest BCUT2D eigenvalue weighted by atomic mass is 9.86. The average molecular weight is 630 g/mol. The fraction of sp³-hybridized carbons (Fsp3) is 0.286. The largest absolute Gasteiger partial charge is 0.465 e. The molecule has 4 rings (SSSR count). The Labute approximate surface area is 265 Å². The Hall–Kier alpha value is -4.38. The molecule has 1 aromatic heterocycles. The van der Waals surface area contributed by atoms with Crippen molar-refractivity contribution in [1.29, 1.82) is 0 Å². The van der Waals surface area contributed by atoms with Crippen LogP contribution in [0.1, 0.15) is 59.1 Å². The molecule has 0 saturated heterocycles. The number of sulfonamides is 1. The van der Waals surface area contributed by atoms with Gasteiger partial charge in [0.2, 0.25) is 5.95 Å². The number of aliphatic hydroxyl groups excluding tert-OH is 1. The molecule has 4 aromatic rings. The van der Waals surface area contributed by atoms with Gasteiger partial charge in [-0.05, 0) is 71.9 Å².